The maximum Gasteiger partial charge on any atom is 0.303 e. The minimum absolute atomic E-state index is 0.0904. The lowest BCUT2D eigenvalue weighted by Gasteiger charge is -2.29. The Morgan fingerprint density at radius 1 is 1.54 bits per heavy atom. The predicted octanol–water partition coefficient (Wildman–Crippen LogP) is 1.38. The summed E-state index contributed by atoms with van der Waals surface area (Å²) in [5.41, 5.74) is 0.308. The molecule has 0 spiro atoms. The van der Waals surface area contributed by atoms with E-state index in [1.165, 1.54) is 6.42 Å². The monoisotopic (exact) mass is 183 g/mol. The van der Waals surface area contributed by atoms with Gasteiger partial charge in [0.15, 0.2) is 0 Å². The van der Waals surface area contributed by atoms with E-state index in [0.29, 0.717) is 12.3 Å². The van der Waals surface area contributed by atoms with Gasteiger partial charge in [0.2, 0.25) is 0 Å². The SMILES string of the molecule is CC12CCC(C)(N1)C(CC(=O)O)C2. The van der Waals surface area contributed by atoms with Crippen LogP contribution in [-0.4, -0.2) is 22.2 Å². The van der Waals surface area contributed by atoms with Crippen LogP contribution in [0.1, 0.15) is 39.5 Å². The molecule has 2 rings (SSSR count). The van der Waals surface area contributed by atoms with Gasteiger partial charge in [0.1, 0.15) is 0 Å². The van der Waals surface area contributed by atoms with Crippen LogP contribution in [0.2, 0.25) is 0 Å². The number of fused-ring (bicyclic) bond motifs is 2. The lowest BCUT2D eigenvalue weighted by atomic mass is 9.74. The summed E-state index contributed by atoms with van der Waals surface area (Å²) in [4.78, 5) is 10.7. The van der Waals surface area contributed by atoms with Gasteiger partial charge in [-0.3, -0.25) is 4.79 Å². The molecule has 0 aromatic heterocycles. The lowest BCUT2D eigenvalue weighted by Crippen LogP contribution is -2.40. The Kier molecular flexibility index (Phi) is 1.71. The number of carbonyl (C=O) groups is 1. The molecule has 0 aromatic carbocycles. The molecule has 0 aliphatic carbocycles. The highest BCUT2D eigenvalue weighted by molar-refractivity contribution is 5.67. The second-order valence-electron chi connectivity index (χ2n) is 5.10. The minimum atomic E-state index is -0.663. The zero-order valence-electron chi connectivity index (χ0n) is 8.26. The molecule has 2 saturated heterocycles. The third kappa shape index (κ3) is 1.35. The Morgan fingerprint density at radius 3 is 2.62 bits per heavy atom. The molecule has 0 radical (unpaired) electrons. The van der Waals surface area contributed by atoms with Crippen LogP contribution in [0.25, 0.3) is 0 Å². The molecule has 2 aliphatic rings. The van der Waals surface area contributed by atoms with Crippen molar-refractivity contribution >= 4 is 5.97 Å². The number of carboxylic acids is 1. The molecule has 3 nitrogen and oxygen atoms in total. The van der Waals surface area contributed by atoms with Crippen molar-refractivity contribution in [3.63, 3.8) is 0 Å². The molecule has 3 unspecified atom stereocenters. The fraction of sp³-hybridized carbons (Fsp3) is 0.900. The first-order valence-electron chi connectivity index (χ1n) is 4.95. The van der Waals surface area contributed by atoms with Crippen LogP contribution in [-0.2, 0) is 4.79 Å². The number of hydrogen-bond donors (Lipinski definition) is 2. The van der Waals surface area contributed by atoms with Crippen LogP contribution in [0.15, 0.2) is 0 Å². The van der Waals surface area contributed by atoms with Crippen LogP contribution >= 0.6 is 0 Å². The fourth-order valence-electron chi connectivity index (χ4n) is 3.09. The largest absolute Gasteiger partial charge is 0.481 e. The summed E-state index contributed by atoms with van der Waals surface area (Å²) in [6, 6.07) is 0. The number of carboxylic acid groups (broad SMARTS) is 1. The minimum Gasteiger partial charge on any atom is -0.481 e. The predicted molar refractivity (Wildman–Crippen MR) is 49.5 cm³/mol. The molecule has 0 aromatic rings. The summed E-state index contributed by atoms with van der Waals surface area (Å²) in [5, 5.41) is 12.3. The van der Waals surface area contributed by atoms with E-state index in [2.05, 4.69) is 19.2 Å². The van der Waals surface area contributed by atoms with Gasteiger partial charge in [-0.05, 0) is 39.0 Å². The molecule has 13 heavy (non-hydrogen) atoms. The summed E-state index contributed by atoms with van der Waals surface area (Å²) in [5.74, 6) is -0.340. The molecule has 2 N–H and O–H groups in total. The average molecular weight is 183 g/mol. The van der Waals surface area contributed by atoms with Crippen molar-refractivity contribution in [3.8, 4) is 0 Å². The Morgan fingerprint density at radius 2 is 2.23 bits per heavy atom. The van der Waals surface area contributed by atoms with Crippen LogP contribution in [0, 0.1) is 5.92 Å². The molecule has 0 saturated carbocycles. The quantitative estimate of drug-likeness (QED) is 0.680. The smallest absolute Gasteiger partial charge is 0.303 e. The Bertz CT molecular complexity index is 253. The Hall–Kier alpha value is -0.570. The third-order valence-electron chi connectivity index (χ3n) is 3.80. The van der Waals surface area contributed by atoms with Gasteiger partial charge in [-0.15, -0.1) is 0 Å². The van der Waals surface area contributed by atoms with Crippen molar-refractivity contribution < 1.29 is 9.90 Å². The maximum atomic E-state index is 10.7. The molecule has 2 aliphatic heterocycles. The molecule has 2 fully saturated rings. The van der Waals surface area contributed by atoms with Crippen molar-refractivity contribution in [2.45, 2.75) is 50.6 Å². The standard InChI is InChI=1S/C10H17NO2/c1-9-3-4-10(2,11-9)7(6-9)5-8(12)13/h7,11H,3-6H2,1-2H3,(H,12,13). The zero-order valence-corrected chi connectivity index (χ0v) is 8.26. The lowest BCUT2D eigenvalue weighted by molar-refractivity contribution is -0.138. The molecule has 2 bridgehead atoms. The second kappa shape index (κ2) is 2.47. The van der Waals surface area contributed by atoms with Crippen molar-refractivity contribution in [1.29, 1.82) is 0 Å². The van der Waals surface area contributed by atoms with Gasteiger partial charge in [0.05, 0.1) is 0 Å². The highest BCUT2D eigenvalue weighted by atomic mass is 16.4. The van der Waals surface area contributed by atoms with Gasteiger partial charge in [-0.1, -0.05) is 0 Å². The number of nitrogens with one attached hydrogen (secondary N) is 1. The first-order valence-corrected chi connectivity index (χ1v) is 4.95. The van der Waals surface area contributed by atoms with Gasteiger partial charge in [0.25, 0.3) is 0 Å². The maximum absolute atomic E-state index is 10.7. The summed E-state index contributed by atoms with van der Waals surface area (Å²) in [6.45, 7) is 4.37. The fourth-order valence-corrected chi connectivity index (χ4v) is 3.09. The van der Waals surface area contributed by atoms with Gasteiger partial charge < -0.3 is 10.4 Å². The highest BCUT2D eigenvalue weighted by Crippen LogP contribution is 2.49. The van der Waals surface area contributed by atoms with Gasteiger partial charge >= 0.3 is 5.97 Å². The number of aliphatic carboxylic acids is 1. The van der Waals surface area contributed by atoms with Crippen LogP contribution < -0.4 is 5.32 Å². The van der Waals surface area contributed by atoms with Gasteiger partial charge in [-0.25, -0.2) is 0 Å². The summed E-state index contributed by atoms with van der Waals surface area (Å²) in [6.07, 6.45) is 3.66. The van der Waals surface area contributed by atoms with Crippen LogP contribution in [0.5, 0.6) is 0 Å². The van der Waals surface area contributed by atoms with Crippen LogP contribution in [0.3, 0.4) is 0 Å². The van der Waals surface area contributed by atoms with Crippen LogP contribution in [0.4, 0.5) is 0 Å². The first-order chi connectivity index (χ1) is 5.94. The van der Waals surface area contributed by atoms with Gasteiger partial charge in [0, 0.05) is 17.5 Å². The topological polar surface area (TPSA) is 49.3 Å². The molecular formula is C10H17NO2. The van der Waals surface area contributed by atoms with E-state index in [9.17, 15) is 4.79 Å². The van der Waals surface area contributed by atoms with E-state index in [-0.39, 0.29) is 11.1 Å². The second-order valence-corrected chi connectivity index (χ2v) is 5.10. The normalized spacial score (nSPS) is 48.3. The van der Waals surface area contributed by atoms with E-state index in [1.807, 2.05) is 0 Å². The summed E-state index contributed by atoms with van der Waals surface area (Å²) < 4.78 is 0. The zero-order chi connectivity index (χ0) is 9.69. The van der Waals surface area contributed by atoms with E-state index < -0.39 is 5.97 Å². The molecule has 3 heteroatoms. The van der Waals surface area contributed by atoms with E-state index in [0.717, 1.165) is 12.8 Å². The van der Waals surface area contributed by atoms with E-state index in [1.54, 1.807) is 0 Å². The van der Waals surface area contributed by atoms with Crippen molar-refractivity contribution in [2.24, 2.45) is 5.92 Å². The average Bonchev–Trinajstić information content (AvgIpc) is 2.36. The Balaban J connectivity index is 2.12. The molecule has 2 heterocycles. The number of rotatable bonds is 2. The van der Waals surface area contributed by atoms with Crippen molar-refractivity contribution in [2.75, 3.05) is 0 Å². The summed E-state index contributed by atoms with van der Waals surface area (Å²) in [7, 11) is 0. The third-order valence-corrected chi connectivity index (χ3v) is 3.80. The Labute approximate surface area is 78.5 Å². The van der Waals surface area contributed by atoms with E-state index >= 15 is 0 Å². The molecule has 3 atom stereocenters. The van der Waals surface area contributed by atoms with Crippen molar-refractivity contribution in [3.05, 3.63) is 0 Å². The van der Waals surface area contributed by atoms with Crippen molar-refractivity contribution in [1.82, 2.24) is 5.32 Å². The molecule has 0 amide bonds. The van der Waals surface area contributed by atoms with E-state index in [4.69, 9.17) is 5.11 Å². The van der Waals surface area contributed by atoms with Gasteiger partial charge in [-0.2, -0.15) is 0 Å². The highest BCUT2D eigenvalue weighted by Gasteiger charge is 2.54. The first kappa shape index (κ1) is 9.00. The molecule has 74 valence electrons. The molecular weight excluding hydrogens is 166 g/mol. The number of hydrogen-bond acceptors (Lipinski definition) is 2. The summed E-state index contributed by atoms with van der Waals surface area (Å²) >= 11 is 0.